The van der Waals surface area contributed by atoms with E-state index in [9.17, 15) is 18.6 Å². The van der Waals surface area contributed by atoms with Crippen LogP contribution in [0, 0.1) is 0 Å². The highest BCUT2D eigenvalue weighted by Crippen LogP contribution is 2.28. The van der Waals surface area contributed by atoms with Gasteiger partial charge in [-0.1, -0.05) is 10.4 Å². The van der Waals surface area contributed by atoms with Gasteiger partial charge in [0.1, 0.15) is 12.7 Å². The summed E-state index contributed by atoms with van der Waals surface area (Å²) in [5, 5.41) is 18.9. The molecule has 0 bridgehead atoms. The smallest absolute Gasteiger partial charge is 0.424 e. The number of hydrogen-bond donors (Lipinski definition) is 3. The lowest BCUT2D eigenvalue weighted by Gasteiger charge is -2.11. The monoisotopic (exact) mass is 280 g/mol. The highest BCUT2D eigenvalue weighted by molar-refractivity contribution is 7.80. The zero-order valence-electron chi connectivity index (χ0n) is 9.31. The van der Waals surface area contributed by atoms with Crippen LogP contribution in [0.15, 0.2) is 18.2 Å². The minimum atomic E-state index is -4.72. The molecule has 0 saturated heterocycles. The molecule has 0 aromatic heterocycles. The van der Waals surface area contributed by atoms with Gasteiger partial charge in [0.15, 0.2) is 11.5 Å². The van der Waals surface area contributed by atoms with E-state index in [0.717, 1.165) is 0 Å². The van der Waals surface area contributed by atoms with Gasteiger partial charge in [-0.05, 0) is 17.7 Å². The molecule has 18 heavy (non-hydrogen) atoms. The van der Waals surface area contributed by atoms with Crippen molar-refractivity contribution in [1.82, 2.24) is 0 Å². The molecule has 9 heteroatoms. The van der Waals surface area contributed by atoms with Gasteiger partial charge in [0.2, 0.25) is 0 Å². The third-order valence-electron chi connectivity index (χ3n) is 1.95. The summed E-state index contributed by atoms with van der Waals surface area (Å²) in [5.74, 6) is 0.0332. The third-order valence-corrected chi connectivity index (χ3v) is 2.22. The van der Waals surface area contributed by atoms with E-state index >= 15 is 0 Å². The maximum Gasteiger partial charge on any atom is 0.424 e. The Morgan fingerprint density at radius 1 is 1.39 bits per heavy atom. The maximum atomic E-state index is 10.2. The predicted octanol–water partition coefficient (Wildman–Crippen LogP) is 0.185. The largest absolute Gasteiger partial charge is 0.504 e. The molecule has 0 amide bonds. The number of phenolic OH excluding ortho intramolecular Hbond substituents is 1. The Labute approximate surface area is 103 Å². The predicted molar refractivity (Wildman–Crippen MR) is 58.2 cm³/mol. The van der Waals surface area contributed by atoms with Crippen LogP contribution in [0.5, 0.6) is 11.5 Å². The van der Waals surface area contributed by atoms with E-state index in [2.05, 4.69) is 9.22 Å². The lowest BCUT2D eigenvalue weighted by molar-refractivity contribution is -0.225. The van der Waals surface area contributed by atoms with Crippen molar-refractivity contribution in [1.29, 1.82) is 0 Å². The Bertz CT molecular complexity index is 497. The first kappa shape index (κ1) is 14.7. The molecule has 102 valence electrons. The Hall–Kier alpha value is -1.39. The van der Waals surface area contributed by atoms with Crippen LogP contribution in [0.4, 0.5) is 0 Å². The van der Waals surface area contributed by atoms with Crippen LogP contribution in [0.1, 0.15) is 11.7 Å². The molecule has 0 aliphatic rings. The summed E-state index contributed by atoms with van der Waals surface area (Å²) < 4.78 is 37.0. The molecule has 0 spiro atoms. The summed E-state index contributed by atoms with van der Waals surface area (Å²) in [7, 11) is -3.38. The average molecular weight is 280 g/mol. The molecule has 0 heterocycles. The number of ether oxygens (including phenoxy) is 1. The van der Waals surface area contributed by atoms with Crippen molar-refractivity contribution in [3.8, 4) is 11.5 Å². The number of aromatic hydroxyl groups is 1. The summed E-state index contributed by atoms with van der Waals surface area (Å²) in [6, 6.07) is 4.02. The number of aliphatic hydroxyl groups excluding tert-OH is 1. The van der Waals surface area contributed by atoms with Gasteiger partial charge in [-0.3, -0.25) is 4.55 Å². The molecule has 8 nitrogen and oxygen atoms in total. The normalized spacial score (nSPS) is 13.3. The second-order valence-corrected chi connectivity index (χ2v) is 4.22. The molecule has 3 N–H and O–H groups in total. The molecule has 1 atom stereocenters. The fourth-order valence-corrected chi connectivity index (χ4v) is 1.33. The third kappa shape index (κ3) is 4.47. The van der Waals surface area contributed by atoms with Gasteiger partial charge in [0.25, 0.3) is 0 Å². The summed E-state index contributed by atoms with van der Waals surface area (Å²) >= 11 is 0. The van der Waals surface area contributed by atoms with E-state index in [4.69, 9.17) is 9.29 Å². The van der Waals surface area contributed by atoms with Gasteiger partial charge in [-0.15, -0.1) is 0 Å². The van der Waals surface area contributed by atoms with Gasteiger partial charge in [0, 0.05) is 0 Å². The molecular weight excluding hydrogens is 268 g/mol. The van der Waals surface area contributed by atoms with Crippen molar-refractivity contribution in [2.45, 2.75) is 6.10 Å². The van der Waals surface area contributed by atoms with Crippen molar-refractivity contribution < 1.29 is 37.1 Å². The molecule has 1 unspecified atom stereocenters. The molecule has 0 fully saturated rings. The molecule has 1 aromatic carbocycles. The molecule has 0 aliphatic carbocycles. The van der Waals surface area contributed by atoms with E-state index < -0.39 is 23.1 Å². The molecule has 1 rings (SSSR count). The second-order valence-electron chi connectivity index (χ2n) is 3.23. The SMILES string of the molecule is COc1cc(C(O)COOS(=O)(=O)O)ccc1O. The van der Waals surface area contributed by atoms with Crippen molar-refractivity contribution in [2.75, 3.05) is 13.7 Å². The highest BCUT2D eigenvalue weighted by Gasteiger charge is 2.13. The van der Waals surface area contributed by atoms with Crippen LogP contribution in [0.2, 0.25) is 0 Å². The van der Waals surface area contributed by atoms with Gasteiger partial charge >= 0.3 is 10.4 Å². The van der Waals surface area contributed by atoms with Crippen molar-refractivity contribution in [3.63, 3.8) is 0 Å². The average Bonchev–Trinajstić information content (AvgIpc) is 2.27. The first-order valence-corrected chi connectivity index (χ1v) is 6.03. The first-order chi connectivity index (χ1) is 8.33. The van der Waals surface area contributed by atoms with E-state index in [1.165, 1.54) is 25.3 Å². The van der Waals surface area contributed by atoms with Crippen LogP contribution in [-0.2, 0) is 19.6 Å². The fraction of sp³-hybridized carbons (Fsp3) is 0.333. The van der Waals surface area contributed by atoms with Gasteiger partial charge < -0.3 is 14.9 Å². The highest BCUT2D eigenvalue weighted by atomic mass is 32.3. The van der Waals surface area contributed by atoms with Crippen LogP contribution < -0.4 is 4.74 Å². The van der Waals surface area contributed by atoms with Gasteiger partial charge in [0.05, 0.1) is 7.11 Å². The van der Waals surface area contributed by atoms with Gasteiger partial charge in [-0.25, -0.2) is 4.89 Å². The van der Waals surface area contributed by atoms with E-state index in [-0.39, 0.29) is 11.5 Å². The number of methoxy groups -OCH3 is 1. The number of rotatable bonds is 6. The van der Waals surface area contributed by atoms with Crippen molar-refractivity contribution in [3.05, 3.63) is 23.8 Å². The zero-order chi connectivity index (χ0) is 13.8. The molecule has 0 saturated carbocycles. The standard InChI is InChI=1S/C9H12O8S/c1-15-9-4-6(2-3-7(9)10)8(11)5-16-17-18(12,13)14/h2-4,8,10-11H,5H2,1H3,(H,12,13,14). The molecule has 0 radical (unpaired) electrons. The number of hydrogen-bond acceptors (Lipinski definition) is 7. The maximum absolute atomic E-state index is 10.2. The molecule has 0 aliphatic heterocycles. The first-order valence-electron chi connectivity index (χ1n) is 4.67. The Morgan fingerprint density at radius 2 is 2.06 bits per heavy atom. The van der Waals surface area contributed by atoms with E-state index in [1.807, 2.05) is 0 Å². The van der Waals surface area contributed by atoms with Crippen LogP contribution in [0.25, 0.3) is 0 Å². The number of phenols is 1. The Kier molecular flexibility index (Phi) is 4.87. The van der Waals surface area contributed by atoms with Gasteiger partial charge in [-0.2, -0.15) is 8.42 Å². The fourth-order valence-electron chi connectivity index (χ4n) is 1.15. The molecular formula is C9H12O8S. The van der Waals surface area contributed by atoms with Crippen molar-refractivity contribution in [2.24, 2.45) is 0 Å². The number of aliphatic hydroxyl groups is 1. The quantitative estimate of drug-likeness (QED) is 0.383. The van der Waals surface area contributed by atoms with Crippen LogP contribution in [-0.4, -0.2) is 36.9 Å². The summed E-state index contributed by atoms with van der Waals surface area (Å²) in [5.41, 5.74) is 0.309. The minimum Gasteiger partial charge on any atom is -0.504 e. The zero-order valence-corrected chi connectivity index (χ0v) is 10.1. The van der Waals surface area contributed by atoms with Crippen LogP contribution in [0.3, 0.4) is 0 Å². The minimum absolute atomic E-state index is 0.108. The Balaban J connectivity index is 2.64. The summed E-state index contributed by atoms with van der Waals surface area (Å²) in [6.45, 7) is -0.534. The summed E-state index contributed by atoms with van der Waals surface area (Å²) in [4.78, 5) is 4.13. The topological polar surface area (TPSA) is 123 Å². The van der Waals surface area contributed by atoms with E-state index in [1.54, 1.807) is 0 Å². The lowest BCUT2D eigenvalue weighted by Crippen LogP contribution is -2.11. The van der Waals surface area contributed by atoms with E-state index in [0.29, 0.717) is 5.56 Å². The Morgan fingerprint density at radius 3 is 2.61 bits per heavy atom. The molecule has 1 aromatic rings. The summed E-state index contributed by atoms with van der Waals surface area (Å²) in [6.07, 6.45) is -1.22. The van der Waals surface area contributed by atoms with Crippen LogP contribution >= 0.6 is 0 Å². The lowest BCUT2D eigenvalue weighted by atomic mass is 10.1. The van der Waals surface area contributed by atoms with Crippen molar-refractivity contribution >= 4 is 10.4 Å². The second kappa shape index (κ2) is 5.98. The number of benzene rings is 1.